The van der Waals surface area contributed by atoms with Crippen LogP contribution in [0.1, 0.15) is 18.4 Å². The second-order valence-corrected chi connectivity index (χ2v) is 5.09. The van der Waals surface area contributed by atoms with Crippen LogP contribution in [0.3, 0.4) is 0 Å². The molecule has 1 fully saturated rings. The van der Waals surface area contributed by atoms with Gasteiger partial charge in [0.2, 0.25) is 0 Å². The lowest BCUT2D eigenvalue weighted by molar-refractivity contribution is -0.131. The first-order valence-corrected chi connectivity index (χ1v) is 6.96. The number of aromatic nitrogens is 1. The summed E-state index contributed by atoms with van der Waals surface area (Å²) < 4.78 is 0. The van der Waals surface area contributed by atoms with E-state index in [1.807, 2.05) is 19.2 Å². The lowest BCUT2D eigenvalue weighted by atomic mass is 10.2. The van der Waals surface area contributed by atoms with Crippen molar-refractivity contribution in [2.75, 3.05) is 38.1 Å². The van der Waals surface area contributed by atoms with Crippen LogP contribution in [0, 0.1) is 0 Å². The highest BCUT2D eigenvalue weighted by Gasteiger charge is 2.12. The number of carboxylic acid groups (broad SMARTS) is 1. The molecule has 1 aromatic heterocycles. The van der Waals surface area contributed by atoms with E-state index >= 15 is 0 Å². The Morgan fingerprint density at radius 1 is 1.45 bits per heavy atom. The Morgan fingerprint density at radius 3 is 2.80 bits per heavy atom. The van der Waals surface area contributed by atoms with Crippen LogP contribution in [0.2, 0.25) is 0 Å². The van der Waals surface area contributed by atoms with Crippen LogP contribution in [0.4, 0.5) is 5.82 Å². The van der Waals surface area contributed by atoms with E-state index in [0.29, 0.717) is 0 Å². The zero-order valence-electron chi connectivity index (χ0n) is 11.8. The van der Waals surface area contributed by atoms with Gasteiger partial charge in [0, 0.05) is 32.4 Å². The second-order valence-electron chi connectivity index (χ2n) is 5.09. The molecule has 20 heavy (non-hydrogen) atoms. The summed E-state index contributed by atoms with van der Waals surface area (Å²) in [5.74, 6) is -0.0338. The average Bonchev–Trinajstić information content (AvgIpc) is 2.96. The van der Waals surface area contributed by atoms with Crippen LogP contribution in [0.25, 0.3) is 6.08 Å². The highest BCUT2D eigenvalue weighted by atomic mass is 16.4. The molecule has 1 aliphatic heterocycles. The molecule has 0 aromatic carbocycles. The number of likely N-dealkylation sites (tertiary alicyclic amines) is 1. The molecule has 2 rings (SSSR count). The zero-order chi connectivity index (χ0) is 14.4. The van der Waals surface area contributed by atoms with Gasteiger partial charge in [-0.3, -0.25) is 0 Å². The number of anilines is 1. The molecule has 5 heteroatoms. The third-order valence-electron chi connectivity index (χ3n) is 3.53. The standard InChI is InChI=1S/C15H21N3O2/c1-17(10-11-18-8-2-3-9-18)14-6-4-13(12-16-14)5-7-15(19)20/h4-7,12H,2-3,8-11H2,1H3,(H,19,20)/b7-5+. The molecule has 1 saturated heterocycles. The van der Waals surface area contributed by atoms with Gasteiger partial charge in [0.1, 0.15) is 5.82 Å². The fourth-order valence-corrected chi connectivity index (χ4v) is 2.30. The monoisotopic (exact) mass is 275 g/mol. The molecule has 0 spiro atoms. The number of hydrogen-bond acceptors (Lipinski definition) is 4. The number of likely N-dealkylation sites (N-methyl/N-ethyl adjacent to an activating group) is 1. The van der Waals surface area contributed by atoms with Crippen LogP contribution in [-0.2, 0) is 4.79 Å². The van der Waals surface area contributed by atoms with Crippen molar-refractivity contribution >= 4 is 17.9 Å². The fraction of sp³-hybridized carbons (Fsp3) is 0.467. The molecule has 0 atom stereocenters. The summed E-state index contributed by atoms with van der Waals surface area (Å²) in [5.41, 5.74) is 0.795. The summed E-state index contributed by atoms with van der Waals surface area (Å²) in [7, 11) is 2.03. The van der Waals surface area contributed by atoms with E-state index in [-0.39, 0.29) is 0 Å². The zero-order valence-corrected chi connectivity index (χ0v) is 11.8. The van der Waals surface area contributed by atoms with Crippen LogP contribution in [-0.4, -0.2) is 54.2 Å². The summed E-state index contributed by atoms with van der Waals surface area (Å²) >= 11 is 0. The Balaban J connectivity index is 1.86. The van der Waals surface area contributed by atoms with Crippen LogP contribution < -0.4 is 4.90 Å². The SMILES string of the molecule is CN(CCN1CCCC1)c1ccc(/C=C/C(=O)O)cn1. The third-order valence-corrected chi connectivity index (χ3v) is 3.53. The normalized spacial score (nSPS) is 15.8. The van der Waals surface area contributed by atoms with Crippen molar-refractivity contribution < 1.29 is 9.90 Å². The van der Waals surface area contributed by atoms with E-state index in [0.717, 1.165) is 30.5 Å². The largest absolute Gasteiger partial charge is 0.478 e. The first-order chi connectivity index (χ1) is 9.65. The maximum Gasteiger partial charge on any atom is 0.328 e. The third kappa shape index (κ3) is 4.35. The van der Waals surface area contributed by atoms with Gasteiger partial charge in [-0.2, -0.15) is 0 Å². The highest BCUT2D eigenvalue weighted by Crippen LogP contribution is 2.12. The minimum atomic E-state index is -0.947. The number of rotatable bonds is 6. The van der Waals surface area contributed by atoms with Crippen LogP contribution >= 0.6 is 0 Å². The number of nitrogens with zero attached hydrogens (tertiary/aromatic N) is 3. The Labute approximate surface area is 119 Å². The molecule has 2 heterocycles. The molecule has 1 aliphatic rings. The highest BCUT2D eigenvalue weighted by molar-refractivity contribution is 5.85. The smallest absolute Gasteiger partial charge is 0.328 e. The van der Waals surface area contributed by atoms with Gasteiger partial charge in [-0.05, 0) is 49.7 Å². The summed E-state index contributed by atoms with van der Waals surface area (Å²) in [5, 5.41) is 8.57. The van der Waals surface area contributed by atoms with Gasteiger partial charge in [-0.25, -0.2) is 9.78 Å². The van der Waals surface area contributed by atoms with Crippen LogP contribution in [0.15, 0.2) is 24.4 Å². The van der Waals surface area contributed by atoms with E-state index < -0.39 is 5.97 Å². The quantitative estimate of drug-likeness (QED) is 0.801. The summed E-state index contributed by atoms with van der Waals surface area (Å²) in [6, 6.07) is 3.81. The number of pyridine rings is 1. The van der Waals surface area contributed by atoms with Gasteiger partial charge < -0.3 is 14.9 Å². The molecule has 5 nitrogen and oxygen atoms in total. The number of carbonyl (C=O) groups is 1. The Hall–Kier alpha value is -1.88. The summed E-state index contributed by atoms with van der Waals surface area (Å²) in [4.78, 5) is 19.4. The minimum Gasteiger partial charge on any atom is -0.478 e. The maximum atomic E-state index is 10.4. The molecule has 1 N–H and O–H groups in total. The lowest BCUT2D eigenvalue weighted by Crippen LogP contribution is -2.31. The minimum absolute atomic E-state index is 0.795. The number of carboxylic acids is 1. The topological polar surface area (TPSA) is 56.7 Å². The first kappa shape index (κ1) is 14.5. The van der Waals surface area contributed by atoms with Crippen molar-refractivity contribution in [2.24, 2.45) is 0 Å². The van der Waals surface area contributed by atoms with Gasteiger partial charge in [0.25, 0.3) is 0 Å². The number of aliphatic carboxylic acids is 1. The molecular formula is C15H21N3O2. The van der Waals surface area contributed by atoms with Crippen molar-refractivity contribution in [3.05, 3.63) is 30.0 Å². The Morgan fingerprint density at radius 2 is 2.20 bits per heavy atom. The summed E-state index contributed by atoms with van der Waals surface area (Å²) in [6.45, 7) is 4.44. The number of hydrogen-bond donors (Lipinski definition) is 1. The molecule has 0 saturated carbocycles. The van der Waals surface area contributed by atoms with Gasteiger partial charge in [-0.15, -0.1) is 0 Å². The van der Waals surface area contributed by atoms with Gasteiger partial charge >= 0.3 is 5.97 Å². The van der Waals surface area contributed by atoms with E-state index in [1.165, 1.54) is 25.9 Å². The molecule has 0 unspecified atom stereocenters. The van der Waals surface area contributed by atoms with Crippen molar-refractivity contribution in [3.63, 3.8) is 0 Å². The predicted molar refractivity (Wildman–Crippen MR) is 79.9 cm³/mol. The Bertz CT molecular complexity index is 465. The van der Waals surface area contributed by atoms with Crippen LogP contribution in [0.5, 0.6) is 0 Å². The van der Waals surface area contributed by atoms with Gasteiger partial charge in [-0.1, -0.05) is 0 Å². The predicted octanol–water partition coefficient (Wildman–Crippen LogP) is 1.71. The molecule has 0 amide bonds. The molecule has 0 bridgehead atoms. The Kier molecular flexibility index (Phi) is 5.12. The molecule has 0 radical (unpaired) electrons. The second kappa shape index (κ2) is 7.05. The maximum absolute atomic E-state index is 10.4. The van der Waals surface area contributed by atoms with Gasteiger partial charge in [0.15, 0.2) is 0 Å². The molecular weight excluding hydrogens is 254 g/mol. The van der Waals surface area contributed by atoms with Crippen molar-refractivity contribution in [3.8, 4) is 0 Å². The molecule has 0 aliphatic carbocycles. The first-order valence-electron chi connectivity index (χ1n) is 6.96. The van der Waals surface area contributed by atoms with E-state index in [4.69, 9.17) is 5.11 Å². The van der Waals surface area contributed by atoms with E-state index in [2.05, 4.69) is 14.8 Å². The lowest BCUT2D eigenvalue weighted by Gasteiger charge is -2.22. The van der Waals surface area contributed by atoms with E-state index in [9.17, 15) is 4.79 Å². The van der Waals surface area contributed by atoms with E-state index in [1.54, 1.807) is 12.3 Å². The van der Waals surface area contributed by atoms with Crippen molar-refractivity contribution in [1.29, 1.82) is 0 Å². The summed E-state index contributed by atoms with van der Waals surface area (Å²) in [6.07, 6.45) is 6.98. The molecule has 108 valence electrons. The average molecular weight is 275 g/mol. The fourth-order valence-electron chi connectivity index (χ4n) is 2.30. The molecule has 1 aromatic rings. The van der Waals surface area contributed by atoms with Crippen molar-refractivity contribution in [2.45, 2.75) is 12.8 Å². The van der Waals surface area contributed by atoms with Crippen molar-refractivity contribution in [1.82, 2.24) is 9.88 Å². The van der Waals surface area contributed by atoms with Gasteiger partial charge in [0.05, 0.1) is 0 Å².